The number of methoxy groups -OCH3 is 1. The molecule has 2 atom stereocenters. The minimum absolute atomic E-state index is 0.0102. The quantitative estimate of drug-likeness (QED) is 0.297. The number of morpholine rings is 1. The van der Waals surface area contributed by atoms with Crippen molar-refractivity contribution < 1.29 is 28.2 Å². The Morgan fingerprint density at radius 2 is 1.90 bits per heavy atom. The molecule has 0 radical (unpaired) electrons. The van der Waals surface area contributed by atoms with E-state index < -0.39 is 0 Å². The molecule has 2 bridgehead atoms. The van der Waals surface area contributed by atoms with Gasteiger partial charge in [-0.1, -0.05) is 6.07 Å². The van der Waals surface area contributed by atoms with Gasteiger partial charge in [0.1, 0.15) is 34.9 Å². The predicted molar refractivity (Wildman–Crippen MR) is 154 cm³/mol. The second-order valence-electron chi connectivity index (χ2n) is 11.0. The summed E-state index contributed by atoms with van der Waals surface area (Å²) in [5.74, 6) is 1.68. The van der Waals surface area contributed by atoms with E-state index in [9.17, 15) is 10.1 Å². The highest BCUT2D eigenvalue weighted by molar-refractivity contribution is 5.97. The summed E-state index contributed by atoms with van der Waals surface area (Å²) in [7, 11) is 1.59. The van der Waals surface area contributed by atoms with E-state index in [1.165, 1.54) is 0 Å². The van der Waals surface area contributed by atoms with Crippen LogP contribution in [0.3, 0.4) is 0 Å². The van der Waals surface area contributed by atoms with Crippen molar-refractivity contribution in [3.63, 3.8) is 0 Å². The van der Waals surface area contributed by atoms with Crippen molar-refractivity contribution in [3.8, 4) is 40.0 Å². The van der Waals surface area contributed by atoms with Gasteiger partial charge in [0.05, 0.1) is 50.2 Å². The molecule has 4 aromatic rings. The molecule has 2 aromatic carbocycles. The molecule has 9 nitrogen and oxygen atoms in total. The largest absolute Gasteiger partial charge is 0.496 e. The van der Waals surface area contributed by atoms with Gasteiger partial charge in [-0.05, 0) is 54.8 Å². The number of nitrogens with zero attached hydrogens (tertiary/aromatic N) is 3. The maximum Gasteiger partial charge on any atom is 0.254 e. The fourth-order valence-electron chi connectivity index (χ4n) is 6.15. The molecule has 4 aliphatic rings. The molecule has 8 rings (SSSR count). The van der Waals surface area contributed by atoms with Gasteiger partial charge in [-0.15, -0.1) is 0 Å². The van der Waals surface area contributed by atoms with E-state index in [0.717, 1.165) is 42.4 Å². The molecule has 2 aromatic heterocycles. The molecule has 0 spiro atoms. The van der Waals surface area contributed by atoms with Gasteiger partial charge in [-0.2, -0.15) is 5.26 Å². The van der Waals surface area contributed by atoms with Crippen LogP contribution < -0.4 is 9.47 Å². The number of carbonyl (C=O) groups excluding carboxylic acids is 1. The molecule has 2 unspecified atom stereocenters. The zero-order valence-electron chi connectivity index (χ0n) is 23.4. The molecule has 4 fully saturated rings. The van der Waals surface area contributed by atoms with Crippen LogP contribution in [-0.2, 0) is 9.47 Å². The number of amides is 1. The lowest BCUT2D eigenvalue weighted by Crippen LogP contribution is -2.56. The Labute approximate surface area is 243 Å². The highest BCUT2D eigenvalue weighted by Gasteiger charge is 2.37. The Bertz CT molecular complexity index is 1680. The maximum atomic E-state index is 13.4. The summed E-state index contributed by atoms with van der Waals surface area (Å²) in [5, 5.41) is 9.88. The first-order chi connectivity index (χ1) is 20.6. The molecule has 4 aliphatic heterocycles. The molecule has 9 heteroatoms. The Morgan fingerprint density at radius 3 is 2.64 bits per heavy atom. The van der Waals surface area contributed by atoms with Crippen LogP contribution in [0.5, 0.6) is 11.5 Å². The average molecular weight is 566 g/mol. The number of hydrogen-bond acceptors (Lipinski definition) is 8. The van der Waals surface area contributed by atoms with Crippen LogP contribution in [0.2, 0.25) is 0 Å². The van der Waals surface area contributed by atoms with Crippen molar-refractivity contribution >= 4 is 17.0 Å². The summed E-state index contributed by atoms with van der Waals surface area (Å²) in [5.41, 5.74) is 4.67. The third-order valence-corrected chi connectivity index (χ3v) is 8.45. The van der Waals surface area contributed by atoms with E-state index in [1.54, 1.807) is 19.4 Å². The van der Waals surface area contributed by atoms with Crippen molar-refractivity contribution in [2.45, 2.75) is 43.9 Å². The summed E-state index contributed by atoms with van der Waals surface area (Å²) in [6.07, 6.45) is 5.48. The molecule has 1 amide bonds. The van der Waals surface area contributed by atoms with Crippen LogP contribution in [0.4, 0.5) is 0 Å². The molecule has 0 saturated carbocycles. The van der Waals surface area contributed by atoms with Gasteiger partial charge in [0.2, 0.25) is 0 Å². The van der Waals surface area contributed by atoms with Gasteiger partial charge < -0.3 is 28.3 Å². The van der Waals surface area contributed by atoms with Crippen molar-refractivity contribution in [1.82, 2.24) is 9.88 Å². The lowest BCUT2D eigenvalue weighted by molar-refractivity contribution is -0.0915. The molecular weight excluding hydrogens is 534 g/mol. The third-order valence-electron chi connectivity index (χ3n) is 8.45. The predicted octanol–water partition coefficient (Wildman–Crippen LogP) is 5.60. The molecule has 214 valence electrons. The Morgan fingerprint density at radius 1 is 1.02 bits per heavy atom. The number of nitriles is 1. The highest BCUT2D eigenvalue weighted by Crippen LogP contribution is 2.39. The second-order valence-corrected chi connectivity index (χ2v) is 11.0. The van der Waals surface area contributed by atoms with Gasteiger partial charge in [0, 0.05) is 42.8 Å². The SMILES string of the molecule is COc1cc(C(=O)N2CC3CCC2CO3)ccc1-c1cc2nccc(-c3ccc(OC4CCOCC4)c(C#N)c3)c2o1. The number of ether oxygens (including phenoxy) is 4. The van der Waals surface area contributed by atoms with E-state index in [1.807, 2.05) is 47.4 Å². The van der Waals surface area contributed by atoms with Crippen LogP contribution >= 0.6 is 0 Å². The fourth-order valence-corrected chi connectivity index (χ4v) is 6.15. The number of hydrogen-bond donors (Lipinski definition) is 0. The molecule has 4 saturated heterocycles. The number of piperidine rings is 1. The van der Waals surface area contributed by atoms with Crippen LogP contribution in [0, 0.1) is 11.3 Å². The van der Waals surface area contributed by atoms with Gasteiger partial charge >= 0.3 is 0 Å². The zero-order valence-corrected chi connectivity index (χ0v) is 23.4. The normalized spacial score (nSPS) is 20.4. The number of furan rings is 1. The van der Waals surface area contributed by atoms with Crippen molar-refractivity contribution in [2.75, 3.05) is 33.5 Å². The fraction of sp³-hybridized carbons (Fsp3) is 0.364. The van der Waals surface area contributed by atoms with Gasteiger partial charge in [-0.25, -0.2) is 0 Å². The summed E-state index contributed by atoms with van der Waals surface area (Å²) < 4.78 is 29.4. The van der Waals surface area contributed by atoms with E-state index in [2.05, 4.69) is 11.1 Å². The Kier molecular flexibility index (Phi) is 7.02. The molecule has 0 N–H and O–H groups in total. The van der Waals surface area contributed by atoms with E-state index in [-0.39, 0.29) is 24.2 Å². The first-order valence-corrected chi connectivity index (χ1v) is 14.4. The number of rotatable bonds is 6. The van der Waals surface area contributed by atoms with E-state index in [4.69, 9.17) is 23.4 Å². The van der Waals surface area contributed by atoms with Crippen LogP contribution in [0.15, 0.2) is 59.1 Å². The van der Waals surface area contributed by atoms with Crippen LogP contribution in [0.25, 0.3) is 33.6 Å². The van der Waals surface area contributed by atoms with Crippen LogP contribution in [0.1, 0.15) is 41.6 Å². The first-order valence-electron chi connectivity index (χ1n) is 14.4. The summed E-state index contributed by atoms with van der Waals surface area (Å²) in [4.78, 5) is 19.8. The summed E-state index contributed by atoms with van der Waals surface area (Å²) in [6, 6.07) is 17.2. The van der Waals surface area contributed by atoms with E-state index in [0.29, 0.717) is 65.9 Å². The number of fused-ring (bicyclic) bond motifs is 4. The second kappa shape index (κ2) is 11.1. The molecule has 42 heavy (non-hydrogen) atoms. The number of pyridine rings is 1. The highest BCUT2D eigenvalue weighted by atomic mass is 16.5. The monoisotopic (exact) mass is 565 g/mol. The average Bonchev–Trinajstić information content (AvgIpc) is 3.50. The van der Waals surface area contributed by atoms with Crippen molar-refractivity contribution in [2.24, 2.45) is 0 Å². The lowest BCUT2D eigenvalue weighted by Gasteiger charge is -2.45. The number of carbonyl (C=O) groups is 1. The topological polar surface area (TPSA) is 107 Å². The standard InChI is InChI=1S/C33H31N3O6/c1-38-30-15-21(33(37)36-18-25-5-4-23(36)19-40-25)2-6-27(30)31-16-28-32(42-31)26(8-11-35-28)20-3-7-29(22(14-20)17-34)41-24-9-12-39-13-10-24/h2-3,6-8,11,14-16,23-25H,4-5,9-10,12-13,18-19H2,1H3. The van der Waals surface area contributed by atoms with Crippen molar-refractivity contribution in [1.29, 1.82) is 5.26 Å². The third kappa shape index (κ3) is 4.87. The van der Waals surface area contributed by atoms with Crippen LogP contribution in [-0.4, -0.2) is 67.5 Å². The minimum Gasteiger partial charge on any atom is -0.496 e. The molecular formula is C33H31N3O6. The Balaban J connectivity index is 1.19. The van der Waals surface area contributed by atoms with Crippen molar-refractivity contribution in [3.05, 3.63) is 65.9 Å². The zero-order chi connectivity index (χ0) is 28.6. The number of benzene rings is 2. The van der Waals surface area contributed by atoms with Gasteiger partial charge in [-0.3, -0.25) is 9.78 Å². The molecule has 6 heterocycles. The van der Waals surface area contributed by atoms with Gasteiger partial charge in [0.25, 0.3) is 5.91 Å². The summed E-state index contributed by atoms with van der Waals surface area (Å²) >= 11 is 0. The minimum atomic E-state index is -0.0102. The maximum absolute atomic E-state index is 13.4. The summed E-state index contributed by atoms with van der Waals surface area (Å²) in [6.45, 7) is 2.56. The Hall–Kier alpha value is -4.39. The smallest absolute Gasteiger partial charge is 0.254 e. The lowest BCUT2D eigenvalue weighted by atomic mass is 9.96. The first kappa shape index (κ1) is 26.5. The molecule has 0 aliphatic carbocycles. The number of aromatic nitrogens is 1. The van der Waals surface area contributed by atoms with Gasteiger partial charge in [0.15, 0.2) is 5.58 Å². The van der Waals surface area contributed by atoms with E-state index >= 15 is 0 Å².